The molecule has 0 spiro atoms. The van der Waals surface area contributed by atoms with Crippen molar-refractivity contribution in [2.45, 2.75) is 32.4 Å². The summed E-state index contributed by atoms with van der Waals surface area (Å²) in [7, 11) is 0. The van der Waals surface area contributed by atoms with Gasteiger partial charge in [-0.2, -0.15) is 5.26 Å². The summed E-state index contributed by atoms with van der Waals surface area (Å²) >= 11 is 1.57. The van der Waals surface area contributed by atoms with Crippen molar-refractivity contribution < 1.29 is 5.11 Å². The highest BCUT2D eigenvalue weighted by Crippen LogP contribution is 2.16. The molecule has 0 saturated heterocycles. The van der Waals surface area contributed by atoms with Crippen LogP contribution in [-0.2, 0) is 6.54 Å². The second-order valence-corrected chi connectivity index (χ2v) is 4.84. The predicted molar refractivity (Wildman–Crippen MR) is 61.7 cm³/mol. The van der Waals surface area contributed by atoms with Crippen LogP contribution in [0, 0.1) is 11.3 Å². The Balaban J connectivity index is 2.53. The van der Waals surface area contributed by atoms with Gasteiger partial charge < -0.3 is 10.4 Å². The number of aliphatic hydroxyl groups is 1. The van der Waals surface area contributed by atoms with Gasteiger partial charge >= 0.3 is 0 Å². The van der Waals surface area contributed by atoms with Crippen molar-refractivity contribution in [3.05, 3.63) is 21.9 Å². The number of thiophene rings is 1. The number of nitrogens with zero attached hydrogens (tertiary/aromatic N) is 1. The SMILES string of the molecule is CCC(C)(CO)NCc1cc(C#N)cs1. The predicted octanol–water partition coefficient (Wildman–Crippen LogP) is 1.87. The van der Waals surface area contributed by atoms with E-state index in [-0.39, 0.29) is 12.1 Å². The van der Waals surface area contributed by atoms with Crippen molar-refractivity contribution >= 4 is 11.3 Å². The molecule has 0 fully saturated rings. The van der Waals surface area contributed by atoms with Crippen LogP contribution in [0.2, 0.25) is 0 Å². The minimum atomic E-state index is -0.225. The van der Waals surface area contributed by atoms with Crippen molar-refractivity contribution in [1.82, 2.24) is 5.32 Å². The summed E-state index contributed by atoms with van der Waals surface area (Å²) in [5.74, 6) is 0. The normalized spacial score (nSPS) is 14.5. The summed E-state index contributed by atoms with van der Waals surface area (Å²) in [6.45, 7) is 4.86. The lowest BCUT2D eigenvalue weighted by atomic mass is 10.0. The molecule has 1 aromatic heterocycles. The molecule has 1 heterocycles. The number of aliphatic hydroxyl groups excluding tert-OH is 1. The van der Waals surface area contributed by atoms with Gasteiger partial charge in [0.25, 0.3) is 0 Å². The number of nitrogens with one attached hydrogen (secondary N) is 1. The van der Waals surface area contributed by atoms with Gasteiger partial charge in [-0.05, 0) is 19.4 Å². The lowest BCUT2D eigenvalue weighted by Crippen LogP contribution is -2.44. The molecule has 0 aliphatic heterocycles. The molecule has 0 aliphatic rings. The molecule has 2 N–H and O–H groups in total. The Morgan fingerprint density at radius 2 is 2.40 bits per heavy atom. The van der Waals surface area contributed by atoms with E-state index in [1.165, 1.54) is 0 Å². The summed E-state index contributed by atoms with van der Waals surface area (Å²) in [5, 5.41) is 23.0. The molecule has 0 amide bonds. The molecule has 0 bridgehead atoms. The van der Waals surface area contributed by atoms with E-state index < -0.39 is 0 Å². The molecule has 4 heteroatoms. The van der Waals surface area contributed by atoms with E-state index in [9.17, 15) is 5.11 Å². The summed E-state index contributed by atoms with van der Waals surface area (Å²) in [5.41, 5.74) is 0.482. The first kappa shape index (κ1) is 12.2. The van der Waals surface area contributed by atoms with Crippen molar-refractivity contribution in [3.8, 4) is 6.07 Å². The minimum absolute atomic E-state index is 0.125. The van der Waals surface area contributed by atoms with Crippen LogP contribution in [0.1, 0.15) is 30.7 Å². The fraction of sp³-hybridized carbons (Fsp3) is 0.545. The second-order valence-electron chi connectivity index (χ2n) is 3.84. The lowest BCUT2D eigenvalue weighted by molar-refractivity contribution is 0.169. The van der Waals surface area contributed by atoms with Crippen LogP contribution in [0.3, 0.4) is 0 Å². The molecule has 0 radical (unpaired) electrons. The van der Waals surface area contributed by atoms with Crippen LogP contribution in [0.15, 0.2) is 11.4 Å². The molecule has 1 aromatic rings. The van der Waals surface area contributed by atoms with Gasteiger partial charge in [0, 0.05) is 22.3 Å². The molecule has 0 aromatic carbocycles. The Morgan fingerprint density at radius 3 is 2.87 bits per heavy atom. The van der Waals surface area contributed by atoms with E-state index in [4.69, 9.17) is 5.26 Å². The molecule has 0 saturated carbocycles. The van der Waals surface area contributed by atoms with Crippen molar-refractivity contribution in [1.29, 1.82) is 5.26 Å². The third-order valence-electron chi connectivity index (χ3n) is 2.60. The van der Waals surface area contributed by atoms with Crippen molar-refractivity contribution in [2.24, 2.45) is 0 Å². The van der Waals surface area contributed by atoms with Gasteiger partial charge in [0.05, 0.1) is 12.2 Å². The fourth-order valence-corrected chi connectivity index (χ4v) is 1.87. The van der Waals surface area contributed by atoms with Crippen LogP contribution in [0.5, 0.6) is 0 Å². The van der Waals surface area contributed by atoms with Gasteiger partial charge in [0.1, 0.15) is 6.07 Å². The highest BCUT2D eigenvalue weighted by atomic mass is 32.1. The van der Waals surface area contributed by atoms with Crippen molar-refractivity contribution in [3.63, 3.8) is 0 Å². The molecule has 1 atom stereocenters. The molecule has 15 heavy (non-hydrogen) atoms. The van der Waals surface area contributed by atoms with Crippen molar-refractivity contribution in [2.75, 3.05) is 6.61 Å². The Morgan fingerprint density at radius 1 is 1.67 bits per heavy atom. The summed E-state index contributed by atoms with van der Waals surface area (Å²) in [6, 6.07) is 3.99. The largest absolute Gasteiger partial charge is 0.394 e. The van der Waals surface area contributed by atoms with E-state index in [1.54, 1.807) is 11.3 Å². The number of hydrogen-bond donors (Lipinski definition) is 2. The molecule has 0 aliphatic carbocycles. The van der Waals surface area contributed by atoms with Gasteiger partial charge in [-0.3, -0.25) is 0 Å². The Labute approximate surface area is 94.4 Å². The lowest BCUT2D eigenvalue weighted by Gasteiger charge is -2.26. The van der Waals surface area contributed by atoms with Gasteiger partial charge in [-0.15, -0.1) is 11.3 Å². The van der Waals surface area contributed by atoms with Crippen LogP contribution in [0.4, 0.5) is 0 Å². The summed E-state index contributed by atoms with van der Waals surface area (Å²) < 4.78 is 0. The van der Waals surface area contributed by atoms with Gasteiger partial charge in [0.15, 0.2) is 0 Å². The molecule has 1 rings (SSSR count). The Kier molecular flexibility index (Phi) is 4.28. The van der Waals surface area contributed by atoms with Gasteiger partial charge in [-0.25, -0.2) is 0 Å². The fourth-order valence-electron chi connectivity index (χ4n) is 1.13. The van der Waals surface area contributed by atoms with E-state index in [1.807, 2.05) is 25.3 Å². The van der Waals surface area contributed by atoms with E-state index in [2.05, 4.69) is 11.4 Å². The highest BCUT2D eigenvalue weighted by Gasteiger charge is 2.19. The molecular formula is C11H16N2OS. The van der Waals surface area contributed by atoms with Crippen LogP contribution in [-0.4, -0.2) is 17.3 Å². The average Bonchev–Trinajstić information content (AvgIpc) is 2.74. The maximum Gasteiger partial charge on any atom is 0.100 e. The first-order valence-electron chi connectivity index (χ1n) is 4.97. The molecular weight excluding hydrogens is 208 g/mol. The molecule has 1 unspecified atom stereocenters. The average molecular weight is 224 g/mol. The maximum absolute atomic E-state index is 9.20. The second kappa shape index (κ2) is 5.26. The van der Waals surface area contributed by atoms with Gasteiger partial charge in [0.2, 0.25) is 0 Å². The summed E-state index contributed by atoms with van der Waals surface area (Å²) in [6.07, 6.45) is 0.875. The number of rotatable bonds is 5. The minimum Gasteiger partial charge on any atom is -0.394 e. The third kappa shape index (κ3) is 3.31. The van der Waals surface area contributed by atoms with Crippen LogP contribution >= 0.6 is 11.3 Å². The van der Waals surface area contributed by atoms with E-state index in [0.29, 0.717) is 12.1 Å². The Hall–Kier alpha value is -0.890. The van der Waals surface area contributed by atoms with Crippen LogP contribution in [0.25, 0.3) is 0 Å². The Bertz CT molecular complexity index is 350. The number of hydrogen-bond acceptors (Lipinski definition) is 4. The quantitative estimate of drug-likeness (QED) is 0.802. The summed E-state index contributed by atoms with van der Waals surface area (Å²) in [4.78, 5) is 1.12. The zero-order chi connectivity index (χ0) is 11.3. The third-order valence-corrected chi connectivity index (χ3v) is 3.54. The first-order valence-corrected chi connectivity index (χ1v) is 5.85. The first-order chi connectivity index (χ1) is 7.13. The smallest absolute Gasteiger partial charge is 0.100 e. The van der Waals surface area contributed by atoms with E-state index in [0.717, 1.165) is 11.3 Å². The number of nitriles is 1. The topological polar surface area (TPSA) is 56.0 Å². The van der Waals surface area contributed by atoms with Crippen LogP contribution < -0.4 is 5.32 Å². The zero-order valence-corrected chi connectivity index (χ0v) is 9.90. The van der Waals surface area contributed by atoms with Gasteiger partial charge in [-0.1, -0.05) is 6.92 Å². The standard InChI is InChI=1S/C11H16N2OS/c1-3-11(2,8-14)13-6-10-4-9(5-12)7-15-10/h4,7,13-14H,3,6,8H2,1-2H3. The monoisotopic (exact) mass is 224 g/mol. The molecule has 3 nitrogen and oxygen atoms in total. The molecule has 82 valence electrons. The highest BCUT2D eigenvalue weighted by molar-refractivity contribution is 7.10. The van der Waals surface area contributed by atoms with E-state index >= 15 is 0 Å². The maximum atomic E-state index is 9.20. The zero-order valence-electron chi connectivity index (χ0n) is 9.08.